The highest BCUT2D eigenvalue weighted by molar-refractivity contribution is 7.99. The fraction of sp³-hybridized carbons (Fsp3) is 0.556. The SMILES string of the molecule is Cc1ccc([C@H]2CSCCN2C(=O)CCc2c(C)nn(C)c2C)o1. The summed E-state index contributed by atoms with van der Waals surface area (Å²) < 4.78 is 7.68. The summed E-state index contributed by atoms with van der Waals surface area (Å²) in [5, 5.41) is 4.44. The molecule has 1 fully saturated rings. The molecule has 1 aliphatic rings. The molecule has 1 saturated heterocycles. The summed E-state index contributed by atoms with van der Waals surface area (Å²) in [5.74, 6) is 3.91. The van der Waals surface area contributed by atoms with Crippen molar-refractivity contribution < 1.29 is 9.21 Å². The molecule has 0 saturated carbocycles. The van der Waals surface area contributed by atoms with Gasteiger partial charge >= 0.3 is 0 Å². The second-order valence-electron chi connectivity index (χ2n) is 6.40. The van der Waals surface area contributed by atoms with E-state index >= 15 is 0 Å². The van der Waals surface area contributed by atoms with Crippen LogP contribution in [-0.4, -0.2) is 38.6 Å². The lowest BCUT2D eigenvalue weighted by molar-refractivity contribution is -0.133. The number of aryl methyl sites for hydroxylation is 3. The highest BCUT2D eigenvalue weighted by Gasteiger charge is 2.30. The molecular formula is C18H25N3O2S. The van der Waals surface area contributed by atoms with Crippen molar-refractivity contribution in [3.05, 3.63) is 40.6 Å². The van der Waals surface area contributed by atoms with Crippen LogP contribution in [0.2, 0.25) is 0 Å². The Balaban J connectivity index is 1.70. The number of carbonyl (C=O) groups excluding carboxylic acids is 1. The molecule has 0 unspecified atom stereocenters. The first-order chi connectivity index (χ1) is 11.5. The molecular weight excluding hydrogens is 322 g/mol. The molecule has 1 atom stereocenters. The van der Waals surface area contributed by atoms with E-state index in [0.29, 0.717) is 6.42 Å². The molecule has 1 aliphatic heterocycles. The maximum absolute atomic E-state index is 12.8. The molecule has 2 aromatic heterocycles. The smallest absolute Gasteiger partial charge is 0.223 e. The largest absolute Gasteiger partial charge is 0.464 e. The highest BCUT2D eigenvalue weighted by Crippen LogP contribution is 2.31. The molecule has 0 aromatic carbocycles. The molecule has 5 nitrogen and oxygen atoms in total. The van der Waals surface area contributed by atoms with Gasteiger partial charge in [0.15, 0.2) is 0 Å². The summed E-state index contributed by atoms with van der Waals surface area (Å²) in [6.07, 6.45) is 1.27. The number of rotatable bonds is 4. The molecule has 2 aromatic rings. The quantitative estimate of drug-likeness (QED) is 0.852. The second-order valence-corrected chi connectivity index (χ2v) is 7.55. The van der Waals surface area contributed by atoms with Gasteiger partial charge < -0.3 is 9.32 Å². The van der Waals surface area contributed by atoms with Crippen molar-refractivity contribution in [2.24, 2.45) is 7.05 Å². The van der Waals surface area contributed by atoms with Crippen LogP contribution in [0.1, 0.15) is 40.9 Å². The molecule has 0 bridgehead atoms. The third kappa shape index (κ3) is 3.38. The summed E-state index contributed by atoms with van der Waals surface area (Å²) >= 11 is 1.88. The molecule has 0 aliphatic carbocycles. The number of hydrogen-bond donors (Lipinski definition) is 0. The fourth-order valence-corrected chi connectivity index (χ4v) is 4.39. The Bertz CT molecular complexity index is 735. The molecule has 0 spiro atoms. The Morgan fingerprint density at radius 1 is 1.38 bits per heavy atom. The van der Waals surface area contributed by atoms with E-state index in [1.807, 2.05) is 54.4 Å². The predicted octanol–water partition coefficient (Wildman–Crippen LogP) is 3.19. The Kier molecular flexibility index (Phi) is 5.04. The minimum Gasteiger partial charge on any atom is -0.464 e. The average Bonchev–Trinajstić information content (AvgIpc) is 3.10. The van der Waals surface area contributed by atoms with Gasteiger partial charge in [0.25, 0.3) is 0 Å². The Morgan fingerprint density at radius 2 is 2.17 bits per heavy atom. The normalized spacial score (nSPS) is 18.2. The molecule has 24 heavy (non-hydrogen) atoms. The van der Waals surface area contributed by atoms with Gasteiger partial charge in [0.05, 0.1) is 11.7 Å². The van der Waals surface area contributed by atoms with Crippen molar-refractivity contribution in [1.29, 1.82) is 0 Å². The zero-order valence-corrected chi connectivity index (χ0v) is 15.7. The standard InChI is InChI=1S/C18H25N3O2S/c1-12-5-7-17(23-12)16-11-24-10-9-21(16)18(22)8-6-15-13(2)19-20(4)14(15)3/h5,7,16H,6,8-11H2,1-4H3/t16-/m1/s1. The van der Waals surface area contributed by atoms with E-state index in [0.717, 1.165) is 47.4 Å². The van der Waals surface area contributed by atoms with E-state index in [-0.39, 0.29) is 11.9 Å². The van der Waals surface area contributed by atoms with Crippen LogP contribution in [0.4, 0.5) is 0 Å². The van der Waals surface area contributed by atoms with Gasteiger partial charge in [-0.3, -0.25) is 9.48 Å². The van der Waals surface area contributed by atoms with Crippen LogP contribution in [0.5, 0.6) is 0 Å². The van der Waals surface area contributed by atoms with Gasteiger partial charge in [-0.15, -0.1) is 0 Å². The summed E-state index contributed by atoms with van der Waals surface area (Å²) in [5.41, 5.74) is 3.37. The van der Waals surface area contributed by atoms with Crippen LogP contribution >= 0.6 is 11.8 Å². The lowest BCUT2D eigenvalue weighted by atomic mass is 10.1. The molecule has 3 heterocycles. The van der Waals surface area contributed by atoms with Crippen LogP contribution in [0.25, 0.3) is 0 Å². The maximum atomic E-state index is 12.8. The third-order valence-electron chi connectivity index (χ3n) is 4.79. The maximum Gasteiger partial charge on any atom is 0.223 e. The molecule has 1 amide bonds. The number of aromatic nitrogens is 2. The van der Waals surface area contributed by atoms with Crippen molar-refractivity contribution in [3.63, 3.8) is 0 Å². The first-order valence-corrected chi connectivity index (χ1v) is 9.55. The summed E-state index contributed by atoms with van der Waals surface area (Å²) in [7, 11) is 1.95. The van der Waals surface area contributed by atoms with Crippen molar-refractivity contribution in [1.82, 2.24) is 14.7 Å². The van der Waals surface area contributed by atoms with Crippen LogP contribution < -0.4 is 0 Å². The van der Waals surface area contributed by atoms with Gasteiger partial charge in [-0.2, -0.15) is 16.9 Å². The van der Waals surface area contributed by atoms with Gasteiger partial charge in [-0.05, 0) is 44.9 Å². The zero-order valence-electron chi connectivity index (χ0n) is 14.8. The van der Waals surface area contributed by atoms with E-state index in [9.17, 15) is 4.79 Å². The van der Waals surface area contributed by atoms with Crippen LogP contribution in [0.3, 0.4) is 0 Å². The van der Waals surface area contributed by atoms with Crippen LogP contribution in [-0.2, 0) is 18.3 Å². The zero-order chi connectivity index (χ0) is 17.3. The van der Waals surface area contributed by atoms with E-state index in [4.69, 9.17) is 4.42 Å². The minimum absolute atomic E-state index is 0.0565. The highest BCUT2D eigenvalue weighted by atomic mass is 32.2. The Morgan fingerprint density at radius 3 is 2.79 bits per heavy atom. The molecule has 3 rings (SSSR count). The van der Waals surface area contributed by atoms with Crippen molar-refractivity contribution >= 4 is 17.7 Å². The minimum atomic E-state index is 0.0565. The van der Waals surface area contributed by atoms with Crippen LogP contribution in [0.15, 0.2) is 16.5 Å². The van der Waals surface area contributed by atoms with E-state index in [1.54, 1.807) is 0 Å². The number of hydrogen-bond acceptors (Lipinski definition) is 4. The molecule has 0 N–H and O–H groups in total. The number of furan rings is 1. The van der Waals surface area contributed by atoms with Crippen molar-refractivity contribution in [2.75, 3.05) is 18.1 Å². The number of carbonyl (C=O) groups is 1. The predicted molar refractivity (Wildman–Crippen MR) is 96.2 cm³/mol. The number of nitrogens with zero attached hydrogens (tertiary/aromatic N) is 3. The molecule has 0 radical (unpaired) electrons. The summed E-state index contributed by atoms with van der Waals surface area (Å²) in [6, 6.07) is 4.03. The molecule has 6 heteroatoms. The Hall–Kier alpha value is -1.69. The average molecular weight is 347 g/mol. The van der Waals surface area contributed by atoms with Gasteiger partial charge in [0.1, 0.15) is 11.5 Å². The number of thioether (sulfide) groups is 1. The third-order valence-corrected chi connectivity index (χ3v) is 5.81. The monoisotopic (exact) mass is 347 g/mol. The lowest BCUT2D eigenvalue weighted by Gasteiger charge is -2.34. The summed E-state index contributed by atoms with van der Waals surface area (Å²) in [6.45, 7) is 6.81. The first kappa shape index (κ1) is 17.1. The molecule has 130 valence electrons. The van der Waals surface area contributed by atoms with E-state index in [1.165, 1.54) is 5.56 Å². The van der Waals surface area contributed by atoms with Gasteiger partial charge in [-0.1, -0.05) is 0 Å². The fourth-order valence-electron chi connectivity index (χ4n) is 3.33. The first-order valence-electron chi connectivity index (χ1n) is 8.40. The van der Waals surface area contributed by atoms with Crippen molar-refractivity contribution in [3.8, 4) is 0 Å². The van der Waals surface area contributed by atoms with E-state index in [2.05, 4.69) is 12.0 Å². The topological polar surface area (TPSA) is 51.3 Å². The van der Waals surface area contributed by atoms with Gasteiger partial charge in [-0.25, -0.2) is 0 Å². The Labute approximate surface area is 147 Å². The summed E-state index contributed by atoms with van der Waals surface area (Å²) in [4.78, 5) is 14.8. The second kappa shape index (κ2) is 7.05. The van der Waals surface area contributed by atoms with Crippen molar-refractivity contribution in [2.45, 2.75) is 39.7 Å². The number of amides is 1. The van der Waals surface area contributed by atoms with E-state index < -0.39 is 0 Å². The van der Waals surface area contributed by atoms with Gasteiger partial charge in [0.2, 0.25) is 5.91 Å². The lowest BCUT2D eigenvalue weighted by Crippen LogP contribution is -2.40. The van der Waals surface area contributed by atoms with Gasteiger partial charge in [0, 0.05) is 37.2 Å². The van der Waals surface area contributed by atoms with Crippen LogP contribution in [0, 0.1) is 20.8 Å².